The molecule has 0 aromatic heterocycles. The molecular formula is C14H26N4. The van der Waals surface area contributed by atoms with Crippen LogP contribution in [0.2, 0.25) is 0 Å². The zero-order valence-corrected chi connectivity index (χ0v) is 11.5. The fraction of sp³-hybridized carbons (Fsp3) is 0.571. The Morgan fingerprint density at radius 2 is 1.28 bits per heavy atom. The lowest BCUT2D eigenvalue weighted by atomic mass is 9.93. The van der Waals surface area contributed by atoms with Gasteiger partial charge >= 0.3 is 0 Å². The smallest absolute Gasteiger partial charge is 0.0362 e. The van der Waals surface area contributed by atoms with E-state index in [1.54, 1.807) is 0 Å². The molecule has 1 aliphatic rings. The highest BCUT2D eigenvalue weighted by Gasteiger charge is 2.13. The molecule has 0 aliphatic heterocycles. The van der Waals surface area contributed by atoms with Gasteiger partial charge in [0.1, 0.15) is 0 Å². The first kappa shape index (κ1) is 14.8. The molecule has 1 fully saturated rings. The Kier molecular flexibility index (Phi) is 5.95. The zero-order valence-electron chi connectivity index (χ0n) is 11.5. The van der Waals surface area contributed by atoms with Crippen LogP contribution in [-0.4, -0.2) is 26.2 Å². The first-order valence-corrected chi connectivity index (χ1v) is 6.53. The summed E-state index contributed by atoms with van der Waals surface area (Å²) in [6, 6.07) is 8.67. The van der Waals surface area contributed by atoms with Crippen LogP contribution in [0.3, 0.4) is 0 Å². The van der Waals surface area contributed by atoms with Crippen LogP contribution < -0.4 is 22.1 Å². The summed E-state index contributed by atoms with van der Waals surface area (Å²) in [7, 11) is 4.01. The van der Waals surface area contributed by atoms with Crippen molar-refractivity contribution < 1.29 is 0 Å². The SMILES string of the molecule is CN(C)c1ccc(N)cc1.NC1CCC(N)CC1. The van der Waals surface area contributed by atoms with E-state index in [-0.39, 0.29) is 0 Å². The van der Waals surface area contributed by atoms with Crippen molar-refractivity contribution in [2.24, 2.45) is 11.5 Å². The molecule has 1 aromatic carbocycles. The van der Waals surface area contributed by atoms with Gasteiger partial charge in [-0.15, -0.1) is 0 Å². The molecular weight excluding hydrogens is 224 g/mol. The fourth-order valence-electron chi connectivity index (χ4n) is 1.92. The van der Waals surface area contributed by atoms with Crippen LogP contribution in [-0.2, 0) is 0 Å². The lowest BCUT2D eigenvalue weighted by molar-refractivity contribution is 0.395. The zero-order chi connectivity index (χ0) is 13.5. The summed E-state index contributed by atoms with van der Waals surface area (Å²) in [5.41, 5.74) is 18.8. The normalized spacial score (nSPS) is 22.9. The van der Waals surface area contributed by atoms with Gasteiger partial charge in [0.15, 0.2) is 0 Å². The van der Waals surface area contributed by atoms with Crippen molar-refractivity contribution in [3.05, 3.63) is 24.3 Å². The van der Waals surface area contributed by atoms with Crippen molar-refractivity contribution in [1.29, 1.82) is 0 Å². The Morgan fingerprint density at radius 3 is 1.61 bits per heavy atom. The highest BCUT2D eigenvalue weighted by atomic mass is 15.1. The monoisotopic (exact) mass is 250 g/mol. The second kappa shape index (κ2) is 7.24. The Bertz CT molecular complexity index is 316. The number of benzene rings is 1. The standard InChI is InChI=1S/C8H12N2.C6H14N2/c1-10(2)8-5-3-7(9)4-6-8;7-5-1-2-6(8)4-3-5/h3-6H,9H2,1-2H3;5-6H,1-4,7-8H2. The maximum atomic E-state index is 5.64. The molecule has 4 heteroatoms. The summed E-state index contributed by atoms with van der Waals surface area (Å²) in [6.45, 7) is 0. The Morgan fingerprint density at radius 1 is 0.889 bits per heavy atom. The summed E-state index contributed by atoms with van der Waals surface area (Å²) in [4.78, 5) is 2.04. The summed E-state index contributed by atoms with van der Waals surface area (Å²) in [6.07, 6.45) is 4.50. The van der Waals surface area contributed by atoms with E-state index in [2.05, 4.69) is 0 Å². The number of anilines is 2. The number of hydrogen-bond donors (Lipinski definition) is 3. The number of nitrogens with two attached hydrogens (primary N) is 3. The number of nitrogens with zero attached hydrogens (tertiary/aromatic N) is 1. The van der Waals surface area contributed by atoms with Gasteiger partial charge in [-0.05, 0) is 49.9 Å². The van der Waals surface area contributed by atoms with Gasteiger partial charge in [-0.1, -0.05) is 0 Å². The maximum Gasteiger partial charge on any atom is 0.0362 e. The van der Waals surface area contributed by atoms with Crippen molar-refractivity contribution in [2.75, 3.05) is 24.7 Å². The lowest BCUT2D eigenvalue weighted by Crippen LogP contribution is -2.33. The third kappa shape index (κ3) is 5.38. The summed E-state index contributed by atoms with van der Waals surface area (Å²) in [5, 5.41) is 0. The van der Waals surface area contributed by atoms with Gasteiger partial charge < -0.3 is 22.1 Å². The molecule has 4 nitrogen and oxygen atoms in total. The highest BCUT2D eigenvalue weighted by Crippen LogP contribution is 2.14. The van der Waals surface area contributed by atoms with E-state index in [1.807, 2.05) is 43.3 Å². The molecule has 0 saturated heterocycles. The molecule has 6 N–H and O–H groups in total. The topological polar surface area (TPSA) is 81.3 Å². The van der Waals surface area contributed by atoms with Crippen molar-refractivity contribution in [2.45, 2.75) is 37.8 Å². The summed E-state index contributed by atoms with van der Waals surface area (Å²) < 4.78 is 0. The average Bonchev–Trinajstić information content (AvgIpc) is 2.34. The predicted octanol–water partition coefficient (Wildman–Crippen LogP) is 1.55. The van der Waals surface area contributed by atoms with Gasteiger partial charge in [0.2, 0.25) is 0 Å². The van der Waals surface area contributed by atoms with Crippen LogP contribution in [0, 0.1) is 0 Å². The Labute approximate surface area is 110 Å². The molecule has 0 radical (unpaired) electrons. The quantitative estimate of drug-likeness (QED) is 0.661. The summed E-state index contributed by atoms with van der Waals surface area (Å²) >= 11 is 0. The lowest BCUT2D eigenvalue weighted by Gasteiger charge is -2.22. The van der Waals surface area contributed by atoms with E-state index in [9.17, 15) is 0 Å². The average molecular weight is 250 g/mol. The van der Waals surface area contributed by atoms with E-state index in [0.29, 0.717) is 12.1 Å². The molecule has 1 aromatic rings. The molecule has 0 bridgehead atoms. The minimum Gasteiger partial charge on any atom is -0.399 e. The molecule has 0 atom stereocenters. The van der Waals surface area contributed by atoms with Crippen molar-refractivity contribution >= 4 is 11.4 Å². The predicted molar refractivity (Wildman–Crippen MR) is 79.6 cm³/mol. The molecule has 0 heterocycles. The maximum absolute atomic E-state index is 5.64. The molecule has 0 unspecified atom stereocenters. The Hall–Kier alpha value is -1.26. The Balaban J connectivity index is 0.000000184. The van der Waals surface area contributed by atoms with Crippen LogP contribution in [0.5, 0.6) is 0 Å². The second-order valence-electron chi connectivity index (χ2n) is 5.16. The van der Waals surface area contributed by atoms with Gasteiger partial charge in [0.25, 0.3) is 0 Å². The van der Waals surface area contributed by atoms with Gasteiger partial charge in [0.05, 0.1) is 0 Å². The van der Waals surface area contributed by atoms with E-state index >= 15 is 0 Å². The fourth-order valence-corrected chi connectivity index (χ4v) is 1.92. The van der Waals surface area contributed by atoms with Crippen LogP contribution >= 0.6 is 0 Å². The van der Waals surface area contributed by atoms with Gasteiger partial charge in [-0.25, -0.2) is 0 Å². The van der Waals surface area contributed by atoms with E-state index in [0.717, 1.165) is 31.4 Å². The molecule has 0 amide bonds. The first-order chi connectivity index (χ1) is 8.49. The van der Waals surface area contributed by atoms with Gasteiger partial charge in [-0.3, -0.25) is 0 Å². The largest absolute Gasteiger partial charge is 0.399 e. The summed E-state index contributed by atoms with van der Waals surface area (Å²) in [5.74, 6) is 0. The van der Waals surface area contributed by atoms with E-state index in [4.69, 9.17) is 17.2 Å². The molecule has 0 spiro atoms. The van der Waals surface area contributed by atoms with E-state index < -0.39 is 0 Å². The van der Waals surface area contributed by atoms with Crippen molar-refractivity contribution in [3.8, 4) is 0 Å². The molecule has 2 rings (SSSR count). The van der Waals surface area contributed by atoms with Gasteiger partial charge in [0, 0.05) is 37.6 Å². The number of rotatable bonds is 1. The second-order valence-corrected chi connectivity index (χ2v) is 5.16. The van der Waals surface area contributed by atoms with Crippen molar-refractivity contribution in [3.63, 3.8) is 0 Å². The van der Waals surface area contributed by atoms with Crippen molar-refractivity contribution in [1.82, 2.24) is 0 Å². The minimum absolute atomic E-state index is 0.440. The molecule has 18 heavy (non-hydrogen) atoms. The van der Waals surface area contributed by atoms with Crippen LogP contribution in [0.1, 0.15) is 25.7 Å². The molecule has 1 saturated carbocycles. The van der Waals surface area contributed by atoms with E-state index in [1.165, 1.54) is 5.69 Å². The van der Waals surface area contributed by atoms with Crippen LogP contribution in [0.15, 0.2) is 24.3 Å². The molecule has 1 aliphatic carbocycles. The third-order valence-corrected chi connectivity index (χ3v) is 3.23. The molecule has 102 valence electrons. The minimum atomic E-state index is 0.440. The van der Waals surface area contributed by atoms with Crippen LogP contribution in [0.25, 0.3) is 0 Å². The third-order valence-electron chi connectivity index (χ3n) is 3.23. The number of nitrogen functional groups attached to an aromatic ring is 1. The first-order valence-electron chi connectivity index (χ1n) is 6.53. The highest BCUT2D eigenvalue weighted by molar-refractivity contribution is 5.51. The van der Waals surface area contributed by atoms with Crippen LogP contribution in [0.4, 0.5) is 11.4 Å². The number of hydrogen-bond acceptors (Lipinski definition) is 4. The van der Waals surface area contributed by atoms with Gasteiger partial charge in [-0.2, -0.15) is 0 Å².